The molecule has 4 rings (SSSR count). The molecule has 1 aromatic carbocycles. The van der Waals surface area contributed by atoms with Gasteiger partial charge in [0.15, 0.2) is 0 Å². The van der Waals surface area contributed by atoms with Gasteiger partial charge in [0.1, 0.15) is 0 Å². The highest BCUT2D eigenvalue weighted by Gasteiger charge is 2.30. The summed E-state index contributed by atoms with van der Waals surface area (Å²) in [5, 5.41) is 11.5. The van der Waals surface area contributed by atoms with Gasteiger partial charge in [0, 0.05) is 24.6 Å². The van der Waals surface area contributed by atoms with E-state index in [1.54, 1.807) is 22.2 Å². The maximum Gasteiger partial charge on any atom is 0.241 e. The lowest BCUT2D eigenvalue weighted by Crippen LogP contribution is -2.39. The van der Waals surface area contributed by atoms with Crippen LogP contribution in [0.15, 0.2) is 59.6 Å². The lowest BCUT2D eigenvalue weighted by molar-refractivity contribution is -0.120. The first-order valence-electron chi connectivity index (χ1n) is 8.46. The van der Waals surface area contributed by atoms with E-state index in [9.17, 15) is 4.79 Å². The molecule has 1 amide bonds. The van der Waals surface area contributed by atoms with Crippen LogP contribution in [-0.2, 0) is 11.3 Å². The first kappa shape index (κ1) is 16.1. The Balaban J connectivity index is 1.45. The minimum atomic E-state index is -0.0618. The number of carbonyl (C=O) groups excluding carboxylic acids is 1. The molecule has 6 heteroatoms. The van der Waals surface area contributed by atoms with Crippen LogP contribution in [0.3, 0.4) is 0 Å². The number of rotatable bonds is 5. The van der Waals surface area contributed by atoms with Gasteiger partial charge in [-0.05, 0) is 66.0 Å². The van der Waals surface area contributed by atoms with Crippen molar-refractivity contribution in [3.8, 4) is 5.69 Å². The second-order valence-corrected chi connectivity index (χ2v) is 7.03. The maximum atomic E-state index is 12.8. The predicted molar refractivity (Wildman–Crippen MR) is 99.9 cm³/mol. The molecule has 1 aliphatic rings. The monoisotopic (exact) mass is 352 g/mol. The minimum Gasteiger partial charge on any atom is -0.325 e. The highest BCUT2D eigenvalue weighted by atomic mass is 32.1. The highest BCUT2D eigenvalue weighted by Crippen LogP contribution is 2.23. The van der Waals surface area contributed by atoms with Gasteiger partial charge in [0.05, 0.1) is 11.7 Å². The van der Waals surface area contributed by atoms with Gasteiger partial charge in [-0.3, -0.25) is 9.69 Å². The molecule has 1 aliphatic heterocycles. The average molecular weight is 352 g/mol. The van der Waals surface area contributed by atoms with Gasteiger partial charge in [-0.2, -0.15) is 16.4 Å². The van der Waals surface area contributed by atoms with E-state index in [0.29, 0.717) is 0 Å². The Hall–Kier alpha value is -2.44. The number of hydrogen-bond acceptors (Lipinski definition) is 4. The smallest absolute Gasteiger partial charge is 0.241 e. The van der Waals surface area contributed by atoms with E-state index < -0.39 is 0 Å². The fraction of sp³-hybridized carbons (Fsp3) is 0.263. The van der Waals surface area contributed by atoms with Gasteiger partial charge in [0.2, 0.25) is 5.91 Å². The lowest BCUT2D eigenvalue weighted by Gasteiger charge is -2.23. The van der Waals surface area contributed by atoms with Crippen LogP contribution in [0, 0.1) is 0 Å². The van der Waals surface area contributed by atoms with Crippen molar-refractivity contribution in [1.29, 1.82) is 0 Å². The number of aromatic nitrogens is 2. The van der Waals surface area contributed by atoms with Crippen LogP contribution in [0.5, 0.6) is 0 Å². The van der Waals surface area contributed by atoms with Crippen LogP contribution in [0.1, 0.15) is 18.4 Å². The number of nitrogens with one attached hydrogen (secondary N) is 1. The maximum absolute atomic E-state index is 12.8. The van der Waals surface area contributed by atoms with E-state index in [-0.39, 0.29) is 11.9 Å². The largest absolute Gasteiger partial charge is 0.325 e. The Bertz CT molecular complexity index is 829. The van der Waals surface area contributed by atoms with Crippen LogP contribution < -0.4 is 5.32 Å². The van der Waals surface area contributed by atoms with E-state index in [2.05, 4.69) is 32.1 Å². The normalized spacial score (nSPS) is 17.7. The van der Waals surface area contributed by atoms with E-state index in [4.69, 9.17) is 0 Å². The molecule has 0 aliphatic carbocycles. The molecule has 25 heavy (non-hydrogen) atoms. The molecule has 1 atom stereocenters. The summed E-state index contributed by atoms with van der Waals surface area (Å²) in [5.74, 6) is 0.0744. The summed E-state index contributed by atoms with van der Waals surface area (Å²) in [6, 6.07) is 11.7. The number of benzene rings is 1. The number of amides is 1. The second kappa shape index (κ2) is 7.21. The molecule has 1 N–H and O–H groups in total. The number of likely N-dealkylation sites (tertiary alicyclic amines) is 1. The number of nitrogens with zero attached hydrogens (tertiary/aromatic N) is 3. The summed E-state index contributed by atoms with van der Waals surface area (Å²) >= 11 is 1.70. The molecular weight excluding hydrogens is 332 g/mol. The fourth-order valence-corrected chi connectivity index (χ4v) is 3.96. The molecule has 1 saturated heterocycles. The van der Waals surface area contributed by atoms with Crippen molar-refractivity contribution in [3.63, 3.8) is 0 Å². The first-order valence-corrected chi connectivity index (χ1v) is 9.40. The summed E-state index contributed by atoms with van der Waals surface area (Å²) in [6.45, 7) is 1.82. The third kappa shape index (κ3) is 3.65. The molecule has 2 aromatic heterocycles. The summed E-state index contributed by atoms with van der Waals surface area (Å²) in [4.78, 5) is 15.1. The Labute approximate surface area is 150 Å². The quantitative estimate of drug-likeness (QED) is 0.764. The zero-order chi connectivity index (χ0) is 17.1. The molecule has 0 saturated carbocycles. The number of carbonyl (C=O) groups is 1. The van der Waals surface area contributed by atoms with Gasteiger partial charge < -0.3 is 5.32 Å². The van der Waals surface area contributed by atoms with Crippen LogP contribution >= 0.6 is 11.3 Å². The Morgan fingerprint density at radius 1 is 1.32 bits per heavy atom. The highest BCUT2D eigenvalue weighted by molar-refractivity contribution is 7.07. The molecule has 0 radical (unpaired) electrons. The molecule has 3 heterocycles. The number of anilines is 1. The summed E-state index contributed by atoms with van der Waals surface area (Å²) in [5.41, 5.74) is 3.02. The fourth-order valence-electron chi connectivity index (χ4n) is 3.30. The molecule has 1 fully saturated rings. The molecule has 0 spiro atoms. The zero-order valence-corrected chi connectivity index (χ0v) is 14.7. The van der Waals surface area contributed by atoms with Crippen LogP contribution in [-0.4, -0.2) is 33.2 Å². The average Bonchev–Trinajstić information content (AvgIpc) is 3.38. The third-order valence-corrected chi connectivity index (χ3v) is 5.25. The standard InChI is InChI=1S/C19H20N4OS/c24-19(18-6-2-9-22(18)13-15-7-11-25-14-15)21-16-4-1-5-17(12-16)23-10-3-8-20-23/h1,3-5,7-8,10-12,14,18H,2,6,9,13H2,(H,21,24). The molecule has 3 aromatic rings. The van der Waals surface area contributed by atoms with Crippen molar-refractivity contribution in [2.75, 3.05) is 11.9 Å². The molecule has 5 nitrogen and oxygen atoms in total. The van der Waals surface area contributed by atoms with Crippen LogP contribution in [0.25, 0.3) is 5.69 Å². The number of thiophene rings is 1. The van der Waals surface area contributed by atoms with Gasteiger partial charge in [0.25, 0.3) is 0 Å². The third-order valence-electron chi connectivity index (χ3n) is 4.51. The Kier molecular flexibility index (Phi) is 4.63. The van der Waals surface area contributed by atoms with Crippen LogP contribution in [0.4, 0.5) is 5.69 Å². The van der Waals surface area contributed by atoms with Gasteiger partial charge in [-0.1, -0.05) is 6.07 Å². The van der Waals surface area contributed by atoms with Gasteiger partial charge >= 0.3 is 0 Å². The van der Waals surface area contributed by atoms with Crippen molar-refractivity contribution in [3.05, 3.63) is 65.1 Å². The van der Waals surface area contributed by atoms with Gasteiger partial charge in [-0.15, -0.1) is 0 Å². The molecule has 128 valence electrons. The summed E-state index contributed by atoms with van der Waals surface area (Å²) < 4.78 is 1.79. The number of hydrogen-bond donors (Lipinski definition) is 1. The van der Waals surface area contributed by atoms with Gasteiger partial charge in [-0.25, -0.2) is 4.68 Å². The van der Waals surface area contributed by atoms with E-state index in [1.165, 1.54) is 5.56 Å². The van der Waals surface area contributed by atoms with Crippen molar-refractivity contribution < 1.29 is 4.79 Å². The molecular formula is C19H20N4OS. The van der Waals surface area contributed by atoms with E-state index in [0.717, 1.165) is 37.3 Å². The zero-order valence-electron chi connectivity index (χ0n) is 13.8. The molecule has 0 bridgehead atoms. The van der Waals surface area contributed by atoms with Crippen molar-refractivity contribution >= 4 is 22.9 Å². The first-order chi connectivity index (χ1) is 12.3. The van der Waals surface area contributed by atoms with E-state index >= 15 is 0 Å². The lowest BCUT2D eigenvalue weighted by atomic mass is 10.2. The Morgan fingerprint density at radius 2 is 2.28 bits per heavy atom. The van der Waals surface area contributed by atoms with Crippen molar-refractivity contribution in [2.45, 2.75) is 25.4 Å². The van der Waals surface area contributed by atoms with Crippen molar-refractivity contribution in [1.82, 2.24) is 14.7 Å². The Morgan fingerprint density at radius 3 is 3.08 bits per heavy atom. The topological polar surface area (TPSA) is 50.2 Å². The second-order valence-electron chi connectivity index (χ2n) is 6.25. The van der Waals surface area contributed by atoms with Crippen LogP contribution in [0.2, 0.25) is 0 Å². The predicted octanol–water partition coefficient (Wildman–Crippen LogP) is 3.54. The summed E-state index contributed by atoms with van der Waals surface area (Å²) in [6.07, 6.45) is 5.61. The minimum absolute atomic E-state index is 0.0618. The van der Waals surface area contributed by atoms with Crippen molar-refractivity contribution in [2.24, 2.45) is 0 Å². The molecule has 1 unspecified atom stereocenters. The van der Waals surface area contributed by atoms with E-state index in [1.807, 2.05) is 36.5 Å². The SMILES string of the molecule is O=C(Nc1cccc(-n2cccn2)c1)C1CCCN1Cc1ccsc1. The summed E-state index contributed by atoms with van der Waals surface area (Å²) in [7, 11) is 0.